The van der Waals surface area contributed by atoms with E-state index >= 15 is 0 Å². The maximum atomic E-state index is 12.7. The van der Waals surface area contributed by atoms with Crippen molar-refractivity contribution in [2.45, 2.75) is 50.6 Å². The van der Waals surface area contributed by atoms with Crippen molar-refractivity contribution in [3.8, 4) is 0 Å². The van der Waals surface area contributed by atoms with Crippen molar-refractivity contribution in [1.82, 2.24) is 10.0 Å². The molecule has 1 aromatic carbocycles. The van der Waals surface area contributed by atoms with E-state index in [1.165, 1.54) is 0 Å². The fraction of sp³-hybridized carbons (Fsp3) is 0.625. The Hall–Kier alpha value is -0.910. The van der Waals surface area contributed by atoms with E-state index in [2.05, 4.69) is 23.9 Å². The van der Waals surface area contributed by atoms with Crippen LogP contribution in [0.2, 0.25) is 0 Å². The molecule has 1 aliphatic carbocycles. The lowest BCUT2D eigenvalue weighted by Gasteiger charge is -2.33. The van der Waals surface area contributed by atoms with Gasteiger partial charge in [-0.05, 0) is 49.8 Å². The van der Waals surface area contributed by atoms with Crippen LogP contribution in [0.3, 0.4) is 0 Å². The highest BCUT2D eigenvalue weighted by Crippen LogP contribution is 2.30. The van der Waals surface area contributed by atoms with Gasteiger partial charge in [-0.3, -0.25) is 0 Å². The number of nitrogens with one attached hydrogen (secondary N) is 2. The van der Waals surface area contributed by atoms with Crippen LogP contribution in [-0.4, -0.2) is 21.5 Å². The Morgan fingerprint density at radius 1 is 1.19 bits per heavy atom. The predicted octanol–water partition coefficient (Wildman–Crippen LogP) is 2.51. The summed E-state index contributed by atoms with van der Waals surface area (Å²) in [6.45, 7) is 4.93. The molecule has 0 aromatic heterocycles. The van der Waals surface area contributed by atoms with E-state index in [4.69, 9.17) is 0 Å². The van der Waals surface area contributed by atoms with Gasteiger partial charge in [-0.15, -0.1) is 0 Å². The average Bonchev–Trinajstić information content (AvgIpc) is 2.43. The van der Waals surface area contributed by atoms with Gasteiger partial charge in [0, 0.05) is 12.6 Å². The van der Waals surface area contributed by atoms with Crippen molar-refractivity contribution in [3.05, 3.63) is 29.8 Å². The fourth-order valence-corrected chi connectivity index (χ4v) is 4.82. The standard InChI is InChI=1S/C16H26N2O2S/c1-12-8-9-15(13(2)10-12)18-21(19,20)16-7-5-4-6-14(16)11-17-3/h4-7,12-13,15,17-18H,8-11H2,1-3H3. The van der Waals surface area contributed by atoms with Gasteiger partial charge in [0.05, 0.1) is 4.90 Å². The normalized spacial score (nSPS) is 26.7. The highest BCUT2D eigenvalue weighted by Gasteiger charge is 2.30. The first-order valence-corrected chi connectivity index (χ1v) is 9.17. The SMILES string of the molecule is CNCc1ccccc1S(=O)(=O)NC1CCC(C)CC1C. The van der Waals surface area contributed by atoms with Gasteiger partial charge >= 0.3 is 0 Å². The van der Waals surface area contributed by atoms with E-state index in [1.807, 2.05) is 19.2 Å². The van der Waals surface area contributed by atoms with Gasteiger partial charge in [-0.1, -0.05) is 32.0 Å². The lowest BCUT2D eigenvalue weighted by molar-refractivity contribution is 0.249. The van der Waals surface area contributed by atoms with Gasteiger partial charge in [0.15, 0.2) is 0 Å². The minimum atomic E-state index is -3.45. The maximum Gasteiger partial charge on any atom is 0.241 e. The second kappa shape index (κ2) is 6.90. The molecule has 3 unspecified atom stereocenters. The summed E-state index contributed by atoms with van der Waals surface area (Å²) in [7, 11) is -1.63. The maximum absolute atomic E-state index is 12.7. The zero-order chi connectivity index (χ0) is 15.5. The van der Waals surface area contributed by atoms with Gasteiger partial charge < -0.3 is 5.32 Å². The molecule has 2 N–H and O–H groups in total. The van der Waals surface area contributed by atoms with Gasteiger partial charge in [-0.25, -0.2) is 13.1 Å². The van der Waals surface area contributed by atoms with Gasteiger partial charge in [0.2, 0.25) is 10.0 Å². The van der Waals surface area contributed by atoms with Crippen LogP contribution in [0.5, 0.6) is 0 Å². The monoisotopic (exact) mass is 310 g/mol. The molecule has 1 fully saturated rings. The second-order valence-electron chi connectivity index (χ2n) is 6.26. The highest BCUT2D eigenvalue weighted by atomic mass is 32.2. The van der Waals surface area contributed by atoms with E-state index in [0.29, 0.717) is 23.3 Å². The summed E-state index contributed by atoms with van der Waals surface area (Å²) < 4.78 is 28.3. The van der Waals surface area contributed by atoms with Crippen LogP contribution in [0.4, 0.5) is 0 Å². The minimum Gasteiger partial charge on any atom is -0.316 e. The Morgan fingerprint density at radius 2 is 1.90 bits per heavy atom. The Labute approximate surface area is 128 Å². The molecule has 0 radical (unpaired) electrons. The van der Waals surface area contributed by atoms with Gasteiger partial charge in [0.25, 0.3) is 0 Å². The van der Waals surface area contributed by atoms with Crippen molar-refractivity contribution >= 4 is 10.0 Å². The van der Waals surface area contributed by atoms with Crippen molar-refractivity contribution in [1.29, 1.82) is 0 Å². The predicted molar refractivity (Wildman–Crippen MR) is 85.5 cm³/mol. The first-order chi connectivity index (χ1) is 9.94. The molecule has 0 heterocycles. The third-order valence-corrected chi connectivity index (χ3v) is 5.96. The zero-order valence-corrected chi connectivity index (χ0v) is 13.9. The summed E-state index contributed by atoms with van der Waals surface area (Å²) in [6, 6.07) is 7.24. The lowest BCUT2D eigenvalue weighted by atomic mass is 9.80. The third kappa shape index (κ3) is 4.05. The molecule has 1 saturated carbocycles. The molecule has 4 nitrogen and oxygen atoms in total. The van der Waals surface area contributed by atoms with Crippen molar-refractivity contribution < 1.29 is 8.42 Å². The summed E-state index contributed by atoms with van der Waals surface area (Å²) >= 11 is 0. The molecule has 5 heteroatoms. The van der Waals surface area contributed by atoms with Crippen LogP contribution in [0.1, 0.15) is 38.7 Å². The fourth-order valence-electron chi connectivity index (χ4n) is 3.21. The van der Waals surface area contributed by atoms with Crippen LogP contribution >= 0.6 is 0 Å². The molecule has 1 aliphatic rings. The molecular weight excluding hydrogens is 284 g/mol. The summed E-state index contributed by atoms with van der Waals surface area (Å²) in [4.78, 5) is 0.394. The first kappa shape index (κ1) is 16.5. The van der Waals surface area contributed by atoms with E-state index in [9.17, 15) is 8.42 Å². The van der Waals surface area contributed by atoms with Gasteiger partial charge in [0.1, 0.15) is 0 Å². The molecule has 0 saturated heterocycles. The lowest BCUT2D eigenvalue weighted by Crippen LogP contribution is -2.42. The molecule has 2 rings (SSSR count). The smallest absolute Gasteiger partial charge is 0.241 e. The Bertz CT molecular complexity index is 571. The number of hydrogen-bond acceptors (Lipinski definition) is 3. The zero-order valence-electron chi connectivity index (χ0n) is 13.1. The van der Waals surface area contributed by atoms with E-state index in [1.54, 1.807) is 12.1 Å². The van der Waals surface area contributed by atoms with Crippen molar-refractivity contribution in [2.24, 2.45) is 11.8 Å². The van der Waals surface area contributed by atoms with Crippen LogP contribution in [-0.2, 0) is 16.6 Å². The summed E-state index contributed by atoms with van der Waals surface area (Å²) in [5.74, 6) is 1.08. The molecule has 3 atom stereocenters. The molecule has 0 aliphatic heterocycles. The summed E-state index contributed by atoms with van der Waals surface area (Å²) in [5.41, 5.74) is 0.810. The number of hydrogen-bond donors (Lipinski definition) is 2. The quantitative estimate of drug-likeness (QED) is 0.878. The third-order valence-electron chi connectivity index (χ3n) is 4.37. The summed E-state index contributed by atoms with van der Waals surface area (Å²) in [6.07, 6.45) is 3.11. The van der Waals surface area contributed by atoms with E-state index in [-0.39, 0.29) is 6.04 Å². The molecule has 1 aromatic rings. The minimum absolute atomic E-state index is 0.0499. The molecular formula is C16H26N2O2S. The second-order valence-corrected chi connectivity index (χ2v) is 7.94. The molecule has 0 bridgehead atoms. The largest absolute Gasteiger partial charge is 0.316 e. The number of rotatable bonds is 5. The number of sulfonamides is 1. The molecule has 0 amide bonds. The van der Waals surface area contributed by atoms with Crippen molar-refractivity contribution in [2.75, 3.05) is 7.05 Å². The molecule has 0 spiro atoms. The number of benzene rings is 1. The Morgan fingerprint density at radius 3 is 2.57 bits per heavy atom. The van der Waals surface area contributed by atoms with Crippen LogP contribution in [0.25, 0.3) is 0 Å². The highest BCUT2D eigenvalue weighted by molar-refractivity contribution is 7.89. The van der Waals surface area contributed by atoms with Crippen molar-refractivity contribution in [3.63, 3.8) is 0 Å². The van der Waals surface area contributed by atoms with Crippen LogP contribution in [0.15, 0.2) is 29.2 Å². The van der Waals surface area contributed by atoms with Crippen LogP contribution < -0.4 is 10.0 Å². The molecule has 21 heavy (non-hydrogen) atoms. The Kier molecular flexibility index (Phi) is 5.41. The average molecular weight is 310 g/mol. The van der Waals surface area contributed by atoms with Gasteiger partial charge in [-0.2, -0.15) is 0 Å². The topological polar surface area (TPSA) is 58.2 Å². The summed E-state index contributed by atoms with van der Waals surface area (Å²) in [5, 5.41) is 3.02. The van der Waals surface area contributed by atoms with E-state index in [0.717, 1.165) is 24.8 Å². The van der Waals surface area contributed by atoms with E-state index < -0.39 is 10.0 Å². The van der Waals surface area contributed by atoms with Crippen LogP contribution in [0, 0.1) is 11.8 Å². The molecule has 118 valence electrons. The Balaban J connectivity index is 2.19. The first-order valence-electron chi connectivity index (χ1n) is 7.69.